The Morgan fingerprint density at radius 1 is 1.17 bits per heavy atom. The third-order valence-corrected chi connectivity index (χ3v) is 3.89. The van der Waals surface area contributed by atoms with Crippen molar-refractivity contribution in [3.8, 4) is 0 Å². The van der Waals surface area contributed by atoms with E-state index in [0.717, 1.165) is 5.56 Å². The van der Waals surface area contributed by atoms with Crippen molar-refractivity contribution in [3.63, 3.8) is 0 Å². The summed E-state index contributed by atoms with van der Waals surface area (Å²) < 4.78 is 0. The van der Waals surface area contributed by atoms with Gasteiger partial charge < -0.3 is 21.3 Å². The van der Waals surface area contributed by atoms with E-state index in [9.17, 15) is 9.59 Å². The number of carbonyl (C=O) groups is 2. The second kappa shape index (κ2) is 7.81. The molecule has 0 aliphatic carbocycles. The molecule has 0 amide bonds. The van der Waals surface area contributed by atoms with Gasteiger partial charge in [0.2, 0.25) is 0 Å². The topological polar surface area (TPSA) is 113 Å². The number of aliphatic carboxylic acids is 1. The number of carboxylic acids is 2. The van der Waals surface area contributed by atoms with Gasteiger partial charge in [0, 0.05) is 11.6 Å². The molecule has 0 aromatic heterocycles. The molecule has 24 heavy (non-hydrogen) atoms. The van der Waals surface area contributed by atoms with Crippen molar-refractivity contribution in [1.29, 1.82) is 0 Å². The molecule has 2 aromatic carbocycles. The van der Waals surface area contributed by atoms with E-state index in [0.29, 0.717) is 16.4 Å². The number of carboxylic acid groups (broad SMARTS) is 2. The summed E-state index contributed by atoms with van der Waals surface area (Å²) in [7, 11) is 0. The van der Waals surface area contributed by atoms with E-state index in [-0.39, 0.29) is 24.4 Å². The Morgan fingerprint density at radius 2 is 1.92 bits per heavy atom. The molecular weight excluding hydrogens is 332 g/mol. The number of hydrogen-bond donors (Lipinski definition) is 4. The molecular formula is C17H17ClN2O4. The first kappa shape index (κ1) is 17.8. The lowest BCUT2D eigenvalue weighted by molar-refractivity contribution is -0.137. The fraction of sp³-hybridized carbons (Fsp3) is 0.176. The number of aromatic carboxylic acids is 1. The molecule has 0 fully saturated rings. The van der Waals surface area contributed by atoms with Crippen molar-refractivity contribution in [2.75, 3.05) is 11.9 Å². The Morgan fingerprint density at radius 3 is 2.54 bits per heavy atom. The van der Waals surface area contributed by atoms with E-state index < -0.39 is 11.9 Å². The van der Waals surface area contributed by atoms with E-state index in [1.807, 2.05) is 0 Å². The molecule has 0 radical (unpaired) electrons. The number of nitrogens with two attached hydrogens (primary N) is 1. The fourth-order valence-corrected chi connectivity index (χ4v) is 2.49. The highest BCUT2D eigenvalue weighted by Gasteiger charge is 2.15. The normalized spacial score (nSPS) is 11.8. The van der Waals surface area contributed by atoms with Crippen LogP contribution in [0.2, 0.25) is 5.02 Å². The van der Waals surface area contributed by atoms with Crippen molar-refractivity contribution in [2.24, 2.45) is 5.73 Å². The average molecular weight is 349 g/mol. The van der Waals surface area contributed by atoms with Crippen molar-refractivity contribution >= 4 is 34.9 Å². The van der Waals surface area contributed by atoms with E-state index in [1.165, 1.54) is 12.1 Å². The van der Waals surface area contributed by atoms with Crippen LogP contribution in [-0.2, 0) is 4.79 Å². The highest BCUT2D eigenvalue weighted by molar-refractivity contribution is 6.33. The van der Waals surface area contributed by atoms with Crippen LogP contribution in [0.4, 0.5) is 11.4 Å². The van der Waals surface area contributed by atoms with Crippen LogP contribution in [0.25, 0.3) is 0 Å². The van der Waals surface area contributed by atoms with Gasteiger partial charge in [-0.2, -0.15) is 0 Å². The second-order valence-electron chi connectivity index (χ2n) is 5.28. The number of nitrogens with one attached hydrogen (secondary N) is 1. The average Bonchev–Trinajstić information content (AvgIpc) is 2.55. The predicted molar refractivity (Wildman–Crippen MR) is 92.2 cm³/mol. The van der Waals surface area contributed by atoms with Gasteiger partial charge in [-0.3, -0.25) is 4.79 Å². The predicted octanol–water partition coefficient (Wildman–Crippen LogP) is 3.30. The summed E-state index contributed by atoms with van der Waals surface area (Å²) in [5, 5.41) is 21.5. The van der Waals surface area contributed by atoms with E-state index in [1.54, 1.807) is 30.3 Å². The molecule has 2 aromatic rings. The molecule has 0 unspecified atom stereocenters. The Kier molecular flexibility index (Phi) is 5.78. The van der Waals surface area contributed by atoms with Crippen LogP contribution < -0.4 is 11.1 Å². The van der Waals surface area contributed by atoms with E-state index in [4.69, 9.17) is 27.5 Å². The van der Waals surface area contributed by atoms with Crippen molar-refractivity contribution < 1.29 is 19.8 Å². The van der Waals surface area contributed by atoms with Crippen LogP contribution >= 0.6 is 11.6 Å². The maximum absolute atomic E-state index is 11.0. The van der Waals surface area contributed by atoms with Crippen molar-refractivity contribution in [3.05, 3.63) is 58.6 Å². The molecule has 1 atom stereocenters. The third kappa shape index (κ3) is 4.47. The molecule has 0 heterocycles. The first-order chi connectivity index (χ1) is 11.4. The zero-order valence-electron chi connectivity index (χ0n) is 12.7. The maximum atomic E-state index is 11.0. The summed E-state index contributed by atoms with van der Waals surface area (Å²) in [5.41, 5.74) is 7.69. The Hall–Kier alpha value is -2.57. The Labute approximate surface area is 143 Å². The monoisotopic (exact) mass is 348 g/mol. The Bertz CT molecular complexity index is 764. The lowest BCUT2D eigenvalue weighted by atomic mass is 9.95. The first-order valence-corrected chi connectivity index (χ1v) is 7.60. The quantitative estimate of drug-likeness (QED) is 0.610. The van der Waals surface area contributed by atoms with Gasteiger partial charge in [0.15, 0.2) is 0 Å². The van der Waals surface area contributed by atoms with Crippen LogP contribution in [0.15, 0.2) is 42.5 Å². The summed E-state index contributed by atoms with van der Waals surface area (Å²) >= 11 is 6.18. The van der Waals surface area contributed by atoms with Crippen molar-refractivity contribution in [1.82, 2.24) is 0 Å². The summed E-state index contributed by atoms with van der Waals surface area (Å²) in [6.07, 6.45) is -0.0773. The van der Waals surface area contributed by atoms with Gasteiger partial charge in [0.25, 0.3) is 0 Å². The van der Waals surface area contributed by atoms with Crippen LogP contribution in [0, 0.1) is 0 Å². The van der Waals surface area contributed by atoms with Crippen LogP contribution in [0.5, 0.6) is 0 Å². The lowest BCUT2D eigenvalue weighted by Gasteiger charge is -2.16. The highest BCUT2D eigenvalue weighted by atomic mass is 35.5. The molecule has 0 bridgehead atoms. The fourth-order valence-electron chi connectivity index (χ4n) is 2.33. The van der Waals surface area contributed by atoms with Gasteiger partial charge in [-0.15, -0.1) is 0 Å². The largest absolute Gasteiger partial charge is 0.481 e. The van der Waals surface area contributed by atoms with Gasteiger partial charge >= 0.3 is 11.9 Å². The van der Waals surface area contributed by atoms with Gasteiger partial charge in [0.1, 0.15) is 0 Å². The standard InChI is InChI=1S/C17H17ClN2O4/c18-14-5-4-10(12(9-19)8-16(21)22)7-15(14)20-13-3-1-2-11(6-13)17(23)24/h1-7,12,20H,8-9,19H2,(H,21,22)(H,23,24)/t12-/m0/s1. The van der Waals surface area contributed by atoms with Crippen LogP contribution in [0.1, 0.15) is 28.3 Å². The van der Waals surface area contributed by atoms with E-state index in [2.05, 4.69) is 5.32 Å². The molecule has 0 aliphatic heterocycles. The zero-order chi connectivity index (χ0) is 17.7. The van der Waals surface area contributed by atoms with Gasteiger partial charge in [-0.1, -0.05) is 23.7 Å². The zero-order valence-corrected chi connectivity index (χ0v) is 13.5. The molecule has 7 heteroatoms. The summed E-state index contributed by atoms with van der Waals surface area (Å²) in [4.78, 5) is 22.0. The van der Waals surface area contributed by atoms with Crippen molar-refractivity contribution in [2.45, 2.75) is 12.3 Å². The summed E-state index contributed by atoms with van der Waals surface area (Å²) in [6.45, 7) is 0.196. The molecule has 6 nitrogen and oxygen atoms in total. The minimum absolute atomic E-state index is 0.0773. The third-order valence-electron chi connectivity index (χ3n) is 3.56. The molecule has 0 spiro atoms. The summed E-state index contributed by atoms with van der Waals surface area (Å²) in [5.74, 6) is -2.28. The highest BCUT2D eigenvalue weighted by Crippen LogP contribution is 2.30. The Balaban J connectivity index is 2.30. The number of rotatable bonds is 7. The minimum Gasteiger partial charge on any atom is -0.481 e. The molecule has 5 N–H and O–H groups in total. The maximum Gasteiger partial charge on any atom is 0.335 e. The van der Waals surface area contributed by atoms with Crippen LogP contribution in [0.3, 0.4) is 0 Å². The lowest BCUT2D eigenvalue weighted by Crippen LogP contribution is -2.16. The molecule has 0 saturated carbocycles. The first-order valence-electron chi connectivity index (χ1n) is 7.22. The van der Waals surface area contributed by atoms with Crippen LogP contribution in [-0.4, -0.2) is 28.7 Å². The smallest absolute Gasteiger partial charge is 0.335 e. The number of benzene rings is 2. The van der Waals surface area contributed by atoms with Gasteiger partial charge in [-0.05, 0) is 42.4 Å². The molecule has 0 saturated heterocycles. The number of anilines is 2. The second-order valence-corrected chi connectivity index (χ2v) is 5.69. The van der Waals surface area contributed by atoms with Gasteiger partial charge in [-0.25, -0.2) is 4.79 Å². The molecule has 0 aliphatic rings. The summed E-state index contributed by atoms with van der Waals surface area (Å²) in [6, 6.07) is 11.4. The number of halogens is 1. The van der Waals surface area contributed by atoms with E-state index >= 15 is 0 Å². The molecule has 126 valence electrons. The number of hydrogen-bond acceptors (Lipinski definition) is 4. The molecule has 2 rings (SSSR count). The minimum atomic E-state index is -1.02. The van der Waals surface area contributed by atoms with Gasteiger partial charge in [0.05, 0.1) is 22.7 Å². The SMILES string of the molecule is NC[C@H](CC(=O)O)c1ccc(Cl)c(Nc2cccc(C(=O)O)c2)c1.